The molecule has 0 fully saturated rings. The van der Waals surface area contributed by atoms with Gasteiger partial charge in [0.15, 0.2) is 0 Å². The summed E-state index contributed by atoms with van der Waals surface area (Å²) < 4.78 is 0. The van der Waals surface area contributed by atoms with E-state index in [4.69, 9.17) is 0 Å². The Morgan fingerprint density at radius 3 is 1.82 bits per heavy atom. The first-order valence-corrected chi connectivity index (χ1v) is 4.40. The zero-order valence-corrected chi connectivity index (χ0v) is 8.44. The van der Waals surface area contributed by atoms with Crippen molar-refractivity contribution in [2.24, 2.45) is 11.8 Å². The molecule has 0 aromatic carbocycles. The van der Waals surface area contributed by atoms with E-state index >= 15 is 0 Å². The summed E-state index contributed by atoms with van der Waals surface area (Å²) in [5, 5.41) is 3.38. The molecule has 66 valence electrons. The van der Waals surface area contributed by atoms with E-state index in [0.29, 0.717) is 17.9 Å². The Morgan fingerprint density at radius 2 is 1.55 bits per heavy atom. The summed E-state index contributed by atoms with van der Waals surface area (Å²) in [7, 11) is 0. The van der Waals surface area contributed by atoms with Crippen LogP contribution in [0.4, 0.5) is 0 Å². The smallest absolute Gasteiger partial charge is 0.0252 e. The maximum absolute atomic E-state index is 3.97. The molecule has 0 radical (unpaired) electrons. The van der Waals surface area contributed by atoms with Gasteiger partial charge >= 0.3 is 0 Å². The first-order valence-electron chi connectivity index (χ1n) is 4.40. The Labute approximate surface area is 70.9 Å². The zero-order valence-electron chi connectivity index (χ0n) is 8.44. The number of rotatable bonds is 4. The molecule has 1 atom stereocenters. The van der Waals surface area contributed by atoms with Crippen LogP contribution in [-0.4, -0.2) is 6.04 Å². The highest BCUT2D eigenvalue weighted by atomic mass is 14.9. The third kappa shape index (κ3) is 4.07. The Balaban J connectivity index is 3.76. The molecule has 0 aromatic rings. The molecule has 0 aliphatic heterocycles. The van der Waals surface area contributed by atoms with E-state index in [0.717, 1.165) is 5.70 Å². The number of hydrogen-bond donors (Lipinski definition) is 1. The second-order valence-corrected chi connectivity index (χ2v) is 3.86. The van der Waals surface area contributed by atoms with Gasteiger partial charge in [0.05, 0.1) is 0 Å². The maximum atomic E-state index is 3.97. The first-order chi connectivity index (χ1) is 4.95. The summed E-state index contributed by atoms with van der Waals surface area (Å²) in [6.07, 6.45) is 0. The minimum atomic E-state index is 0.532. The monoisotopic (exact) mass is 155 g/mol. The van der Waals surface area contributed by atoms with Crippen LogP contribution in [0.1, 0.15) is 34.6 Å². The number of nitrogens with one attached hydrogen (secondary N) is 1. The van der Waals surface area contributed by atoms with Crippen LogP contribution in [0.15, 0.2) is 12.3 Å². The first kappa shape index (κ1) is 10.5. The predicted octanol–water partition coefficient (Wildman–Crippen LogP) is 2.79. The molecule has 0 aromatic heterocycles. The molecule has 0 aliphatic rings. The van der Waals surface area contributed by atoms with Crippen molar-refractivity contribution in [2.75, 3.05) is 0 Å². The molecule has 0 unspecified atom stereocenters. The van der Waals surface area contributed by atoms with E-state index in [9.17, 15) is 0 Å². The fourth-order valence-corrected chi connectivity index (χ4v) is 0.626. The van der Waals surface area contributed by atoms with Gasteiger partial charge in [-0.25, -0.2) is 0 Å². The Morgan fingerprint density at radius 1 is 1.09 bits per heavy atom. The van der Waals surface area contributed by atoms with Crippen LogP contribution in [0.3, 0.4) is 0 Å². The quantitative estimate of drug-likeness (QED) is 0.658. The molecule has 0 spiro atoms. The Hall–Kier alpha value is -0.460. The van der Waals surface area contributed by atoms with Crippen molar-refractivity contribution in [1.29, 1.82) is 0 Å². The van der Waals surface area contributed by atoms with Crippen molar-refractivity contribution in [1.82, 2.24) is 5.32 Å². The summed E-state index contributed by atoms with van der Waals surface area (Å²) in [4.78, 5) is 0. The van der Waals surface area contributed by atoms with Gasteiger partial charge in [0.2, 0.25) is 0 Å². The van der Waals surface area contributed by atoms with E-state index in [2.05, 4.69) is 46.5 Å². The lowest BCUT2D eigenvalue weighted by molar-refractivity contribution is 0.443. The van der Waals surface area contributed by atoms with Gasteiger partial charge in [-0.2, -0.15) is 0 Å². The van der Waals surface area contributed by atoms with Crippen LogP contribution in [0, 0.1) is 11.8 Å². The van der Waals surface area contributed by atoms with E-state index in [1.165, 1.54) is 0 Å². The van der Waals surface area contributed by atoms with Crippen molar-refractivity contribution >= 4 is 0 Å². The molecule has 0 heterocycles. The summed E-state index contributed by atoms with van der Waals surface area (Å²) in [6.45, 7) is 14.9. The molecule has 0 saturated heterocycles. The van der Waals surface area contributed by atoms with Gasteiger partial charge in [-0.3, -0.25) is 0 Å². The van der Waals surface area contributed by atoms with Crippen LogP contribution in [-0.2, 0) is 0 Å². The van der Waals surface area contributed by atoms with Crippen molar-refractivity contribution in [3.63, 3.8) is 0 Å². The van der Waals surface area contributed by atoms with Crippen LogP contribution in [0.25, 0.3) is 0 Å². The fourth-order valence-electron chi connectivity index (χ4n) is 0.626. The zero-order chi connectivity index (χ0) is 9.02. The summed E-state index contributed by atoms with van der Waals surface area (Å²) in [6, 6.07) is 0.532. The van der Waals surface area contributed by atoms with E-state index in [1.54, 1.807) is 0 Å². The third-order valence-corrected chi connectivity index (χ3v) is 2.11. The van der Waals surface area contributed by atoms with Crippen LogP contribution in [0.2, 0.25) is 0 Å². The van der Waals surface area contributed by atoms with Crippen molar-refractivity contribution in [2.45, 2.75) is 40.7 Å². The van der Waals surface area contributed by atoms with Crippen LogP contribution < -0.4 is 5.32 Å². The van der Waals surface area contributed by atoms with Gasteiger partial charge in [0, 0.05) is 11.7 Å². The summed E-state index contributed by atoms with van der Waals surface area (Å²) in [5.41, 5.74) is 1.14. The number of hydrogen-bond acceptors (Lipinski definition) is 1. The highest BCUT2D eigenvalue weighted by Crippen LogP contribution is 2.07. The highest BCUT2D eigenvalue weighted by Gasteiger charge is 2.08. The third-order valence-electron chi connectivity index (χ3n) is 2.11. The maximum Gasteiger partial charge on any atom is 0.0252 e. The summed E-state index contributed by atoms with van der Waals surface area (Å²) in [5.74, 6) is 1.21. The predicted molar refractivity (Wildman–Crippen MR) is 51.4 cm³/mol. The fraction of sp³-hybridized carbons (Fsp3) is 0.800. The average Bonchev–Trinajstić information content (AvgIpc) is 1.87. The van der Waals surface area contributed by atoms with E-state index < -0.39 is 0 Å². The van der Waals surface area contributed by atoms with Crippen LogP contribution in [0.5, 0.6) is 0 Å². The molecular formula is C10H21N. The Bertz CT molecular complexity index is 125. The van der Waals surface area contributed by atoms with Gasteiger partial charge < -0.3 is 5.32 Å². The molecule has 1 nitrogen and oxygen atoms in total. The summed E-state index contributed by atoms with van der Waals surface area (Å²) >= 11 is 0. The lowest BCUT2D eigenvalue weighted by atomic mass is 10.0. The van der Waals surface area contributed by atoms with E-state index in [1.807, 2.05) is 0 Å². The van der Waals surface area contributed by atoms with Crippen molar-refractivity contribution in [3.8, 4) is 0 Å². The molecule has 0 aliphatic carbocycles. The minimum absolute atomic E-state index is 0.532. The van der Waals surface area contributed by atoms with Crippen molar-refractivity contribution in [3.05, 3.63) is 12.3 Å². The Kier molecular flexibility index (Phi) is 4.24. The van der Waals surface area contributed by atoms with Gasteiger partial charge in [0.1, 0.15) is 0 Å². The molecule has 0 bridgehead atoms. The molecule has 0 amide bonds. The SMILES string of the molecule is C=C(N[C@H](C)C(C)C)C(C)C. The molecule has 1 heteroatoms. The second-order valence-electron chi connectivity index (χ2n) is 3.86. The van der Waals surface area contributed by atoms with Gasteiger partial charge in [-0.1, -0.05) is 34.3 Å². The molecule has 0 rings (SSSR count). The topological polar surface area (TPSA) is 12.0 Å². The lowest BCUT2D eigenvalue weighted by Gasteiger charge is -2.22. The molecular weight excluding hydrogens is 134 g/mol. The van der Waals surface area contributed by atoms with Gasteiger partial charge in [0.25, 0.3) is 0 Å². The van der Waals surface area contributed by atoms with Gasteiger partial charge in [-0.15, -0.1) is 0 Å². The highest BCUT2D eigenvalue weighted by molar-refractivity contribution is 4.96. The largest absolute Gasteiger partial charge is 0.386 e. The lowest BCUT2D eigenvalue weighted by Crippen LogP contribution is -2.31. The molecule has 1 N–H and O–H groups in total. The van der Waals surface area contributed by atoms with E-state index in [-0.39, 0.29) is 0 Å². The average molecular weight is 155 g/mol. The van der Waals surface area contributed by atoms with Crippen LogP contribution >= 0.6 is 0 Å². The minimum Gasteiger partial charge on any atom is -0.386 e. The second kappa shape index (κ2) is 4.42. The van der Waals surface area contributed by atoms with Crippen molar-refractivity contribution < 1.29 is 0 Å². The molecule has 0 saturated carbocycles. The van der Waals surface area contributed by atoms with Gasteiger partial charge in [-0.05, 0) is 18.8 Å². The number of allylic oxidation sites excluding steroid dienone is 1. The normalized spacial score (nSPS) is 13.7. The molecule has 11 heavy (non-hydrogen) atoms. The standard InChI is InChI=1S/C10H21N/c1-7(2)9(5)11-10(6)8(3)4/h7-8,10-11H,5H2,1-4,6H3/t10-/m1/s1.